The largest absolute Gasteiger partial charge is 0.384 e. The van der Waals surface area contributed by atoms with E-state index in [4.69, 9.17) is 5.73 Å². The Morgan fingerprint density at radius 2 is 2.18 bits per heavy atom. The summed E-state index contributed by atoms with van der Waals surface area (Å²) in [5.74, 6) is 1.41. The fourth-order valence-electron chi connectivity index (χ4n) is 2.47. The molecule has 0 radical (unpaired) electrons. The molecule has 2 rings (SSSR count). The van der Waals surface area contributed by atoms with Gasteiger partial charge in [0.15, 0.2) is 0 Å². The molecule has 2 N–H and O–H groups in total. The summed E-state index contributed by atoms with van der Waals surface area (Å²) in [6, 6.07) is 3.96. The second-order valence-corrected chi connectivity index (χ2v) is 6.18. The first-order valence-corrected chi connectivity index (χ1v) is 6.38. The van der Waals surface area contributed by atoms with E-state index in [9.17, 15) is 0 Å². The second-order valence-electron chi connectivity index (χ2n) is 6.18. The first kappa shape index (κ1) is 12.4. The molecule has 94 valence electrons. The van der Waals surface area contributed by atoms with E-state index in [1.165, 1.54) is 25.1 Å². The van der Waals surface area contributed by atoms with Crippen molar-refractivity contribution in [2.24, 2.45) is 11.3 Å². The van der Waals surface area contributed by atoms with Gasteiger partial charge in [-0.15, -0.1) is 0 Å². The summed E-state index contributed by atoms with van der Waals surface area (Å²) in [5.41, 5.74) is 7.27. The smallest absolute Gasteiger partial charge is 0.123 e. The molecule has 0 bridgehead atoms. The van der Waals surface area contributed by atoms with Gasteiger partial charge in [0.25, 0.3) is 0 Å². The molecule has 0 spiro atoms. The van der Waals surface area contributed by atoms with E-state index < -0.39 is 0 Å². The topological polar surface area (TPSA) is 42.1 Å². The molecular weight excluding hydrogens is 210 g/mol. The normalized spacial score (nSPS) is 21.9. The number of nitrogens with zero attached hydrogens (tertiary/aromatic N) is 2. The maximum absolute atomic E-state index is 5.59. The number of likely N-dealkylation sites (tertiary alicyclic amines) is 1. The van der Waals surface area contributed by atoms with E-state index in [0.29, 0.717) is 11.2 Å². The van der Waals surface area contributed by atoms with Crippen LogP contribution in [0, 0.1) is 11.3 Å². The molecule has 0 saturated carbocycles. The fourth-order valence-corrected chi connectivity index (χ4v) is 2.47. The maximum Gasteiger partial charge on any atom is 0.123 e. The molecule has 3 heteroatoms. The van der Waals surface area contributed by atoms with Crippen molar-refractivity contribution in [1.29, 1.82) is 0 Å². The summed E-state index contributed by atoms with van der Waals surface area (Å²) in [5, 5.41) is 0. The Bertz CT molecular complexity index is 364. The molecule has 1 unspecified atom stereocenters. The van der Waals surface area contributed by atoms with Gasteiger partial charge >= 0.3 is 0 Å². The standard InChI is InChI=1S/C14H23N3/c1-14(2,3)12-6-7-17(10-12)9-11-4-5-13(15)16-8-11/h4-5,8,12H,6-7,9-10H2,1-3H3,(H2,15,16). The zero-order chi connectivity index (χ0) is 12.5. The maximum atomic E-state index is 5.59. The molecule has 0 aromatic carbocycles. The quantitative estimate of drug-likeness (QED) is 0.853. The third-order valence-electron chi connectivity index (χ3n) is 3.75. The highest BCUT2D eigenvalue weighted by Gasteiger charge is 2.31. The van der Waals surface area contributed by atoms with Crippen LogP contribution >= 0.6 is 0 Å². The van der Waals surface area contributed by atoms with Gasteiger partial charge in [0, 0.05) is 19.3 Å². The van der Waals surface area contributed by atoms with Crippen LogP contribution in [-0.2, 0) is 6.54 Å². The molecule has 0 amide bonds. The van der Waals surface area contributed by atoms with Crippen LogP contribution in [-0.4, -0.2) is 23.0 Å². The van der Waals surface area contributed by atoms with E-state index in [1.54, 1.807) is 0 Å². The minimum absolute atomic E-state index is 0.425. The molecule has 17 heavy (non-hydrogen) atoms. The van der Waals surface area contributed by atoms with Crippen LogP contribution in [0.5, 0.6) is 0 Å². The Balaban J connectivity index is 1.92. The van der Waals surface area contributed by atoms with Gasteiger partial charge in [-0.2, -0.15) is 0 Å². The molecule has 1 atom stereocenters. The third kappa shape index (κ3) is 3.19. The van der Waals surface area contributed by atoms with E-state index in [-0.39, 0.29) is 0 Å². The molecule has 0 aliphatic carbocycles. The summed E-state index contributed by atoms with van der Waals surface area (Å²) < 4.78 is 0. The molecule has 1 aliphatic rings. The fraction of sp³-hybridized carbons (Fsp3) is 0.643. The Morgan fingerprint density at radius 1 is 1.41 bits per heavy atom. The SMILES string of the molecule is CC(C)(C)C1CCN(Cc2ccc(N)nc2)C1. The number of nitrogen functional groups attached to an aromatic ring is 1. The van der Waals surface area contributed by atoms with Gasteiger partial charge in [-0.25, -0.2) is 4.98 Å². The highest BCUT2D eigenvalue weighted by atomic mass is 15.1. The first-order chi connectivity index (χ1) is 7.95. The van der Waals surface area contributed by atoms with Crippen molar-refractivity contribution >= 4 is 5.82 Å². The summed E-state index contributed by atoms with van der Waals surface area (Å²) >= 11 is 0. The van der Waals surface area contributed by atoms with Gasteiger partial charge in [0.2, 0.25) is 0 Å². The highest BCUT2D eigenvalue weighted by Crippen LogP contribution is 2.33. The average Bonchev–Trinajstić information content (AvgIpc) is 2.69. The summed E-state index contributed by atoms with van der Waals surface area (Å²) in [6.07, 6.45) is 3.20. The van der Waals surface area contributed by atoms with Crippen LogP contribution in [0.2, 0.25) is 0 Å². The van der Waals surface area contributed by atoms with Crippen LogP contribution < -0.4 is 5.73 Å². The Labute approximate surface area is 104 Å². The molecule has 1 fully saturated rings. The van der Waals surface area contributed by atoms with E-state index >= 15 is 0 Å². The molecule has 1 aromatic rings. The van der Waals surface area contributed by atoms with Gasteiger partial charge in [-0.05, 0) is 35.9 Å². The van der Waals surface area contributed by atoms with Crippen molar-refractivity contribution < 1.29 is 0 Å². The Kier molecular flexibility index (Phi) is 3.38. The third-order valence-corrected chi connectivity index (χ3v) is 3.75. The van der Waals surface area contributed by atoms with Gasteiger partial charge in [-0.3, -0.25) is 4.90 Å². The predicted octanol–water partition coefficient (Wildman–Crippen LogP) is 2.53. The molecule has 1 saturated heterocycles. The van der Waals surface area contributed by atoms with Crippen molar-refractivity contribution in [2.75, 3.05) is 18.8 Å². The lowest BCUT2D eigenvalue weighted by Crippen LogP contribution is -2.25. The predicted molar refractivity (Wildman–Crippen MR) is 71.5 cm³/mol. The van der Waals surface area contributed by atoms with Gasteiger partial charge in [0.05, 0.1) is 0 Å². The zero-order valence-corrected chi connectivity index (χ0v) is 11.1. The van der Waals surface area contributed by atoms with Gasteiger partial charge < -0.3 is 5.73 Å². The molecule has 1 aliphatic heterocycles. The van der Waals surface area contributed by atoms with E-state index in [1.807, 2.05) is 12.3 Å². The lowest BCUT2D eigenvalue weighted by molar-refractivity contribution is 0.226. The van der Waals surface area contributed by atoms with Crippen LogP contribution in [0.1, 0.15) is 32.8 Å². The highest BCUT2D eigenvalue weighted by molar-refractivity contribution is 5.29. The summed E-state index contributed by atoms with van der Waals surface area (Å²) in [7, 11) is 0. The Morgan fingerprint density at radius 3 is 2.71 bits per heavy atom. The molecule has 2 heterocycles. The minimum Gasteiger partial charge on any atom is -0.384 e. The molecule has 3 nitrogen and oxygen atoms in total. The number of rotatable bonds is 2. The van der Waals surface area contributed by atoms with E-state index in [2.05, 4.69) is 36.7 Å². The van der Waals surface area contributed by atoms with Crippen LogP contribution in [0.4, 0.5) is 5.82 Å². The lowest BCUT2D eigenvalue weighted by Gasteiger charge is -2.27. The molecule has 1 aromatic heterocycles. The van der Waals surface area contributed by atoms with Crippen LogP contribution in [0.15, 0.2) is 18.3 Å². The Hall–Kier alpha value is -1.09. The summed E-state index contributed by atoms with van der Waals surface area (Å²) in [4.78, 5) is 6.66. The van der Waals surface area contributed by atoms with Gasteiger partial charge in [-0.1, -0.05) is 26.8 Å². The van der Waals surface area contributed by atoms with Crippen molar-refractivity contribution in [3.63, 3.8) is 0 Å². The number of anilines is 1. The minimum atomic E-state index is 0.425. The first-order valence-electron chi connectivity index (χ1n) is 6.38. The van der Waals surface area contributed by atoms with Gasteiger partial charge in [0.1, 0.15) is 5.82 Å². The number of nitrogens with two attached hydrogens (primary N) is 1. The van der Waals surface area contributed by atoms with E-state index in [0.717, 1.165) is 12.5 Å². The summed E-state index contributed by atoms with van der Waals surface area (Å²) in [6.45, 7) is 10.4. The second kappa shape index (κ2) is 4.65. The number of aromatic nitrogens is 1. The zero-order valence-electron chi connectivity index (χ0n) is 11.1. The average molecular weight is 233 g/mol. The number of hydrogen-bond acceptors (Lipinski definition) is 3. The van der Waals surface area contributed by atoms with Crippen LogP contribution in [0.3, 0.4) is 0 Å². The lowest BCUT2D eigenvalue weighted by atomic mass is 9.80. The monoisotopic (exact) mass is 233 g/mol. The van der Waals surface area contributed by atoms with Crippen molar-refractivity contribution in [3.05, 3.63) is 23.9 Å². The van der Waals surface area contributed by atoms with Crippen LogP contribution in [0.25, 0.3) is 0 Å². The number of hydrogen-bond donors (Lipinski definition) is 1. The molecular formula is C14H23N3. The van der Waals surface area contributed by atoms with Crippen molar-refractivity contribution in [1.82, 2.24) is 9.88 Å². The van der Waals surface area contributed by atoms with Crippen molar-refractivity contribution in [3.8, 4) is 0 Å². The van der Waals surface area contributed by atoms with Crippen molar-refractivity contribution in [2.45, 2.75) is 33.7 Å². The number of pyridine rings is 1.